The Kier molecular flexibility index (Phi) is 5.01. The van der Waals surface area contributed by atoms with Crippen LogP contribution < -0.4 is 15.0 Å². The lowest BCUT2D eigenvalue weighted by molar-refractivity contribution is -0.189. The number of amides is 1. The quantitative estimate of drug-likeness (QED) is 0.362. The number of anilines is 1. The molecule has 1 amide bonds. The zero-order valence-electron chi connectivity index (χ0n) is 15.0. The normalized spacial score (nSPS) is 23.0. The molecule has 9 nitrogen and oxygen atoms in total. The Morgan fingerprint density at radius 2 is 1.93 bits per heavy atom. The Morgan fingerprint density at radius 3 is 2.52 bits per heavy atom. The van der Waals surface area contributed by atoms with Crippen LogP contribution in [0.4, 0.5) is 18.9 Å². The van der Waals surface area contributed by atoms with Gasteiger partial charge in [-0.1, -0.05) is 0 Å². The molecule has 3 rings (SSSR count). The smallest absolute Gasteiger partial charge is 0.491 e. The number of aliphatic hydroxyl groups excluding tert-OH is 1. The van der Waals surface area contributed by atoms with E-state index in [0.717, 1.165) is 18.2 Å². The molecule has 1 aromatic carbocycles. The number of carbonyl (C=O) groups is 3. The molecule has 3 N–H and O–H groups in total. The number of ketones is 1. The van der Waals surface area contributed by atoms with Crippen molar-refractivity contribution in [1.29, 1.82) is 0 Å². The number of fused-ring (bicyclic) bond motifs is 1. The van der Waals surface area contributed by atoms with Crippen LogP contribution in [0.2, 0.25) is 0 Å². The van der Waals surface area contributed by atoms with Gasteiger partial charge >= 0.3 is 12.1 Å². The van der Waals surface area contributed by atoms with E-state index in [9.17, 15) is 37.8 Å². The summed E-state index contributed by atoms with van der Waals surface area (Å²) in [6.45, 7) is 0. The number of carbonyl (C=O) groups excluding carboxylic acids is 3. The predicted octanol–water partition coefficient (Wildman–Crippen LogP) is 0.251. The molecule has 0 radical (unpaired) electrons. The third-order valence-corrected chi connectivity index (χ3v) is 4.25. The van der Waals surface area contributed by atoms with Crippen LogP contribution in [0, 0.1) is 0 Å². The fourth-order valence-corrected chi connectivity index (χ4v) is 2.75. The number of phenolic OH excluding ortho intramolecular Hbond substituents is 1. The third kappa shape index (κ3) is 3.89. The molecule has 3 unspecified atom stereocenters. The highest BCUT2D eigenvalue weighted by Gasteiger charge is 2.53. The van der Waals surface area contributed by atoms with Crippen molar-refractivity contribution in [3.8, 4) is 11.5 Å². The van der Waals surface area contributed by atoms with Crippen molar-refractivity contribution in [3.63, 3.8) is 0 Å². The highest BCUT2D eigenvalue weighted by atomic mass is 19.4. The molecule has 2 aliphatic rings. The van der Waals surface area contributed by atoms with Gasteiger partial charge in [0.15, 0.2) is 17.3 Å². The standard InChI is InChI=1S/C17H15F3N2O7/c1-22(2)8-4-3-6(10(24)12(8)29-16(27)17(18,19)20)15(26)21-7-5-9(23)13-14(28-13)11(7)25/h3-5,11,13-14,24-25H,1-2H3,(H,21,26). The van der Waals surface area contributed by atoms with Crippen LogP contribution in [0.3, 0.4) is 0 Å². The van der Waals surface area contributed by atoms with Crippen molar-refractivity contribution in [2.45, 2.75) is 24.5 Å². The summed E-state index contributed by atoms with van der Waals surface area (Å²) in [5.41, 5.74) is -0.832. The van der Waals surface area contributed by atoms with Gasteiger partial charge in [0.1, 0.15) is 18.3 Å². The summed E-state index contributed by atoms with van der Waals surface area (Å²) in [5.74, 6) is -5.99. The number of benzene rings is 1. The molecule has 3 atom stereocenters. The van der Waals surface area contributed by atoms with Crippen LogP contribution in [0.5, 0.6) is 11.5 Å². The van der Waals surface area contributed by atoms with Crippen LogP contribution in [0.25, 0.3) is 0 Å². The second-order valence-electron chi connectivity index (χ2n) is 6.51. The molecule has 0 aromatic heterocycles. The van der Waals surface area contributed by atoms with Crippen molar-refractivity contribution in [2.75, 3.05) is 19.0 Å². The monoisotopic (exact) mass is 416 g/mol. The number of epoxide rings is 1. The first-order valence-electron chi connectivity index (χ1n) is 8.14. The Bertz CT molecular complexity index is 926. The number of phenols is 1. The van der Waals surface area contributed by atoms with Gasteiger partial charge in [-0.25, -0.2) is 4.79 Å². The minimum atomic E-state index is -5.33. The number of hydrogen-bond acceptors (Lipinski definition) is 8. The zero-order valence-corrected chi connectivity index (χ0v) is 15.0. The topological polar surface area (TPSA) is 129 Å². The number of nitrogens with zero attached hydrogens (tertiary/aromatic N) is 1. The average Bonchev–Trinajstić information content (AvgIpc) is 3.41. The number of aromatic hydroxyl groups is 1. The number of aliphatic hydroxyl groups is 1. The van der Waals surface area contributed by atoms with Crippen LogP contribution in [0.1, 0.15) is 10.4 Å². The van der Waals surface area contributed by atoms with Gasteiger partial charge in [0.05, 0.1) is 16.9 Å². The summed E-state index contributed by atoms with van der Waals surface area (Å²) >= 11 is 0. The molecule has 1 aliphatic carbocycles. The minimum Gasteiger partial charge on any atom is -0.504 e. The van der Waals surface area contributed by atoms with Gasteiger partial charge in [-0.05, 0) is 12.1 Å². The number of alkyl halides is 3. The number of halogens is 3. The number of esters is 1. The second-order valence-corrected chi connectivity index (χ2v) is 6.51. The number of nitrogens with one attached hydrogen (secondary N) is 1. The van der Waals surface area contributed by atoms with E-state index in [4.69, 9.17) is 4.74 Å². The number of hydrogen-bond donors (Lipinski definition) is 3. The molecule has 0 bridgehead atoms. The van der Waals surface area contributed by atoms with E-state index in [1.165, 1.54) is 19.0 Å². The summed E-state index contributed by atoms with van der Waals surface area (Å²) in [4.78, 5) is 36.6. The molecule has 1 heterocycles. The predicted molar refractivity (Wildman–Crippen MR) is 89.3 cm³/mol. The van der Waals surface area contributed by atoms with Gasteiger partial charge in [0.25, 0.3) is 5.91 Å². The highest BCUT2D eigenvalue weighted by molar-refractivity contribution is 6.03. The van der Waals surface area contributed by atoms with E-state index in [1.54, 1.807) is 0 Å². The van der Waals surface area contributed by atoms with Crippen molar-refractivity contribution < 1.29 is 47.2 Å². The zero-order chi connectivity index (χ0) is 21.7. The molecular formula is C17H15F3N2O7. The summed E-state index contributed by atoms with van der Waals surface area (Å²) in [5, 5.41) is 22.5. The first kappa shape index (κ1) is 20.6. The van der Waals surface area contributed by atoms with Gasteiger partial charge in [-0.2, -0.15) is 13.2 Å². The van der Waals surface area contributed by atoms with E-state index >= 15 is 0 Å². The third-order valence-electron chi connectivity index (χ3n) is 4.25. The van der Waals surface area contributed by atoms with Crippen LogP contribution in [-0.2, 0) is 14.3 Å². The molecule has 1 saturated heterocycles. The van der Waals surface area contributed by atoms with Crippen LogP contribution >= 0.6 is 0 Å². The first-order chi connectivity index (χ1) is 13.4. The average molecular weight is 416 g/mol. The molecule has 1 aliphatic heterocycles. The van der Waals surface area contributed by atoms with Crippen molar-refractivity contribution >= 4 is 23.3 Å². The van der Waals surface area contributed by atoms with E-state index in [1.807, 2.05) is 0 Å². The lowest BCUT2D eigenvalue weighted by Crippen LogP contribution is -2.37. The maximum atomic E-state index is 12.6. The molecule has 29 heavy (non-hydrogen) atoms. The van der Waals surface area contributed by atoms with E-state index in [0.29, 0.717) is 0 Å². The Labute approximate surface area is 161 Å². The maximum absolute atomic E-state index is 12.6. The fourth-order valence-electron chi connectivity index (χ4n) is 2.75. The highest BCUT2D eigenvalue weighted by Crippen LogP contribution is 2.40. The lowest BCUT2D eigenvalue weighted by atomic mass is 10.0. The first-order valence-corrected chi connectivity index (χ1v) is 8.14. The largest absolute Gasteiger partial charge is 0.504 e. The Morgan fingerprint density at radius 1 is 1.28 bits per heavy atom. The summed E-state index contributed by atoms with van der Waals surface area (Å²) < 4.78 is 46.9. The molecule has 0 spiro atoms. The summed E-state index contributed by atoms with van der Waals surface area (Å²) in [7, 11) is 2.83. The summed E-state index contributed by atoms with van der Waals surface area (Å²) in [6.07, 6.45) is -7.23. The van der Waals surface area contributed by atoms with Gasteiger partial charge in [0.2, 0.25) is 0 Å². The maximum Gasteiger partial charge on any atom is 0.491 e. The van der Waals surface area contributed by atoms with Crippen molar-refractivity contribution in [3.05, 3.63) is 29.5 Å². The molecular weight excluding hydrogens is 401 g/mol. The second kappa shape index (κ2) is 7.04. The van der Waals surface area contributed by atoms with Crippen molar-refractivity contribution in [2.24, 2.45) is 0 Å². The van der Waals surface area contributed by atoms with Crippen LogP contribution in [-0.4, -0.2) is 66.5 Å². The van der Waals surface area contributed by atoms with E-state index in [2.05, 4.69) is 10.1 Å². The van der Waals surface area contributed by atoms with E-state index < -0.39 is 59.2 Å². The fraction of sp³-hybridized carbons (Fsp3) is 0.353. The minimum absolute atomic E-state index is 0.0991. The molecule has 0 saturated carbocycles. The Hall–Kier alpha value is -3.12. The van der Waals surface area contributed by atoms with Crippen molar-refractivity contribution in [1.82, 2.24) is 5.32 Å². The van der Waals surface area contributed by atoms with Gasteiger partial charge in [-0.15, -0.1) is 0 Å². The molecule has 1 aromatic rings. The van der Waals surface area contributed by atoms with Crippen LogP contribution in [0.15, 0.2) is 23.9 Å². The van der Waals surface area contributed by atoms with E-state index in [-0.39, 0.29) is 11.4 Å². The number of rotatable bonds is 4. The SMILES string of the molecule is CN(C)c1ccc(C(=O)NC2=CC(=O)C3OC3C2O)c(O)c1OC(=O)C(F)(F)F. The molecule has 156 valence electrons. The van der Waals surface area contributed by atoms with Gasteiger partial charge in [0, 0.05) is 20.2 Å². The van der Waals surface area contributed by atoms with Gasteiger partial charge < -0.3 is 29.9 Å². The Balaban J connectivity index is 1.91. The summed E-state index contributed by atoms with van der Waals surface area (Å²) in [6, 6.07) is 2.24. The number of ether oxygens (including phenoxy) is 2. The van der Waals surface area contributed by atoms with Gasteiger partial charge in [-0.3, -0.25) is 9.59 Å². The lowest BCUT2D eigenvalue weighted by Gasteiger charge is -2.21. The molecule has 1 fully saturated rings. The molecule has 12 heteroatoms.